The fourth-order valence-corrected chi connectivity index (χ4v) is 2.64. The third-order valence-corrected chi connectivity index (χ3v) is 3.60. The maximum atomic E-state index is 11.5. The van der Waals surface area contributed by atoms with Crippen LogP contribution in [0.2, 0.25) is 0 Å². The van der Waals surface area contributed by atoms with Gasteiger partial charge in [0, 0.05) is 30.4 Å². The molecule has 0 spiro atoms. The number of fused-ring (bicyclic) bond motifs is 1. The summed E-state index contributed by atoms with van der Waals surface area (Å²) in [5.74, 6) is 0.241. The molecule has 0 saturated heterocycles. The summed E-state index contributed by atoms with van der Waals surface area (Å²) in [5, 5.41) is 16.0. The Morgan fingerprint density at radius 2 is 2.26 bits per heavy atom. The number of hydrogen-bond donors (Lipinski definition) is 0. The number of ketones is 1. The summed E-state index contributed by atoms with van der Waals surface area (Å²) in [6.07, 6.45) is 4.55. The SMILES string of the molecule is O=C1CCCC(n2ncc3ccc([N+](=O)[O-])cc32)C1. The Bertz CT molecular complexity index is 662. The molecule has 1 aliphatic rings. The number of carbonyl (C=O) groups is 1. The van der Waals surface area contributed by atoms with E-state index in [9.17, 15) is 14.9 Å². The summed E-state index contributed by atoms with van der Waals surface area (Å²) >= 11 is 0. The van der Waals surface area contributed by atoms with Gasteiger partial charge in [-0.1, -0.05) is 0 Å². The van der Waals surface area contributed by atoms with Crippen LogP contribution in [0.15, 0.2) is 24.4 Å². The lowest BCUT2D eigenvalue weighted by Crippen LogP contribution is -2.19. The van der Waals surface area contributed by atoms with Gasteiger partial charge in [-0.15, -0.1) is 0 Å². The van der Waals surface area contributed by atoms with E-state index < -0.39 is 4.92 Å². The monoisotopic (exact) mass is 259 g/mol. The van der Waals surface area contributed by atoms with Gasteiger partial charge < -0.3 is 0 Å². The molecular weight excluding hydrogens is 246 g/mol. The minimum Gasteiger partial charge on any atom is -0.300 e. The summed E-state index contributed by atoms with van der Waals surface area (Å²) in [7, 11) is 0. The maximum absolute atomic E-state index is 11.5. The van der Waals surface area contributed by atoms with E-state index in [2.05, 4.69) is 5.10 Å². The Hall–Kier alpha value is -2.24. The Morgan fingerprint density at radius 1 is 1.42 bits per heavy atom. The zero-order chi connectivity index (χ0) is 13.4. The lowest BCUT2D eigenvalue weighted by atomic mass is 9.94. The average Bonchev–Trinajstić information content (AvgIpc) is 2.81. The van der Waals surface area contributed by atoms with Crippen molar-refractivity contribution in [1.82, 2.24) is 9.78 Å². The van der Waals surface area contributed by atoms with Gasteiger partial charge in [0.05, 0.1) is 22.7 Å². The van der Waals surface area contributed by atoms with Crippen molar-refractivity contribution in [2.24, 2.45) is 0 Å². The molecule has 19 heavy (non-hydrogen) atoms. The number of carbonyl (C=O) groups excluding carboxylic acids is 1. The zero-order valence-corrected chi connectivity index (χ0v) is 10.3. The van der Waals surface area contributed by atoms with E-state index in [-0.39, 0.29) is 17.5 Å². The van der Waals surface area contributed by atoms with Crippen LogP contribution >= 0.6 is 0 Å². The molecule has 0 radical (unpaired) electrons. The Labute approximate surface area is 109 Å². The molecule has 1 fully saturated rings. The fraction of sp³-hybridized carbons (Fsp3) is 0.385. The molecular formula is C13H13N3O3. The summed E-state index contributed by atoms with van der Waals surface area (Å²) in [4.78, 5) is 21.9. The third kappa shape index (κ3) is 2.09. The Balaban J connectivity index is 2.05. The fourth-order valence-electron chi connectivity index (χ4n) is 2.64. The van der Waals surface area contributed by atoms with Crippen LogP contribution in [-0.2, 0) is 4.79 Å². The lowest BCUT2D eigenvalue weighted by molar-refractivity contribution is -0.384. The molecule has 0 amide bonds. The predicted molar refractivity (Wildman–Crippen MR) is 68.9 cm³/mol. The van der Waals surface area contributed by atoms with E-state index in [4.69, 9.17) is 0 Å². The van der Waals surface area contributed by atoms with E-state index in [0.717, 1.165) is 23.7 Å². The molecule has 0 aliphatic heterocycles. The first-order valence-electron chi connectivity index (χ1n) is 6.28. The number of hydrogen-bond acceptors (Lipinski definition) is 4. The number of nitro benzene ring substituents is 1. The average molecular weight is 259 g/mol. The highest BCUT2D eigenvalue weighted by Gasteiger charge is 2.23. The maximum Gasteiger partial charge on any atom is 0.271 e. The highest BCUT2D eigenvalue weighted by Crippen LogP contribution is 2.30. The van der Waals surface area contributed by atoms with Crippen LogP contribution < -0.4 is 0 Å². The minimum absolute atomic E-state index is 0.0285. The highest BCUT2D eigenvalue weighted by atomic mass is 16.6. The largest absolute Gasteiger partial charge is 0.300 e. The second kappa shape index (κ2) is 4.46. The van der Waals surface area contributed by atoms with Crippen molar-refractivity contribution in [3.05, 3.63) is 34.5 Å². The molecule has 1 heterocycles. The summed E-state index contributed by atoms with van der Waals surface area (Å²) in [6.45, 7) is 0. The smallest absolute Gasteiger partial charge is 0.271 e. The first-order valence-corrected chi connectivity index (χ1v) is 6.28. The first-order chi connectivity index (χ1) is 9.15. The van der Waals surface area contributed by atoms with Gasteiger partial charge in [0.1, 0.15) is 5.78 Å². The molecule has 1 atom stereocenters. The Kier molecular flexibility index (Phi) is 2.77. The number of non-ortho nitro benzene ring substituents is 1. The van der Waals surface area contributed by atoms with Crippen LogP contribution in [0.1, 0.15) is 31.7 Å². The van der Waals surface area contributed by atoms with Crippen LogP contribution in [0.4, 0.5) is 5.69 Å². The second-order valence-electron chi connectivity index (χ2n) is 4.88. The minimum atomic E-state index is -0.414. The van der Waals surface area contributed by atoms with Crippen LogP contribution in [0.25, 0.3) is 10.9 Å². The second-order valence-corrected chi connectivity index (χ2v) is 4.88. The predicted octanol–water partition coefficient (Wildman–Crippen LogP) is 2.63. The third-order valence-electron chi connectivity index (χ3n) is 3.60. The van der Waals surface area contributed by atoms with Crippen LogP contribution in [0.3, 0.4) is 0 Å². The van der Waals surface area contributed by atoms with Gasteiger partial charge in [0.2, 0.25) is 0 Å². The van der Waals surface area contributed by atoms with E-state index in [1.54, 1.807) is 16.9 Å². The van der Waals surface area contributed by atoms with E-state index in [1.165, 1.54) is 12.1 Å². The number of nitrogens with zero attached hydrogens (tertiary/aromatic N) is 3. The molecule has 1 saturated carbocycles. The summed E-state index contributed by atoms with van der Waals surface area (Å²) < 4.78 is 1.76. The van der Waals surface area contributed by atoms with Gasteiger partial charge in [0.25, 0.3) is 5.69 Å². The van der Waals surface area contributed by atoms with Gasteiger partial charge in [0.15, 0.2) is 0 Å². The van der Waals surface area contributed by atoms with Crippen molar-refractivity contribution in [3.63, 3.8) is 0 Å². The molecule has 2 aromatic rings. The van der Waals surface area contributed by atoms with Crippen molar-refractivity contribution in [1.29, 1.82) is 0 Å². The zero-order valence-electron chi connectivity index (χ0n) is 10.3. The number of rotatable bonds is 2. The molecule has 0 N–H and O–H groups in total. The lowest BCUT2D eigenvalue weighted by Gasteiger charge is -2.21. The summed E-state index contributed by atoms with van der Waals surface area (Å²) in [5.41, 5.74) is 0.783. The van der Waals surface area contributed by atoms with Crippen molar-refractivity contribution in [2.45, 2.75) is 31.7 Å². The molecule has 1 unspecified atom stereocenters. The van der Waals surface area contributed by atoms with E-state index >= 15 is 0 Å². The molecule has 1 aromatic heterocycles. The molecule has 6 heteroatoms. The quantitative estimate of drug-likeness (QED) is 0.613. The van der Waals surface area contributed by atoms with Gasteiger partial charge in [-0.3, -0.25) is 19.6 Å². The van der Waals surface area contributed by atoms with E-state index in [0.29, 0.717) is 12.8 Å². The first kappa shape index (κ1) is 11.8. The summed E-state index contributed by atoms with van der Waals surface area (Å²) in [6, 6.07) is 4.73. The molecule has 1 aliphatic carbocycles. The molecule has 98 valence electrons. The van der Waals surface area contributed by atoms with Gasteiger partial charge in [-0.25, -0.2) is 0 Å². The highest BCUT2D eigenvalue weighted by molar-refractivity contribution is 5.82. The Morgan fingerprint density at radius 3 is 3.00 bits per heavy atom. The van der Waals surface area contributed by atoms with Crippen LogP contribution in [-0.4, -0.2) is 20.5 Å². The van der Waals surface area contributed by atoms with Crippen LogP contribution in [0, 0.1) is 10.1 Å². The van der Waals surface area contributed by atoms with Crippen molar-refractivity contribution < 1.29 is 9.72 Å². The number of Topliss-reactive ketones (excluding diaryl/α,β-unsaturated/α-hetero) is 1. The normalized spacial score (nSPS) is 19.8. The topological polar surface area (TPSA) is 78.0 Å². The van der Waals surface area contributed by atoms with Gasteiger partial charge in [-0.2, -0.15) is 5.10 Å². The van der Waals surface area contributed by atoms with Gasteiger partial charge in [-0.05, 0) is 18.9 Å². The molecule has 1 aromatic carbocycles. The van der Waals surface area contributed by atoms with Gasteiger partial charge >= 0.3 is 0 Å². The molecule has 0 bridgehead atoms. The van der Waals surface area contributed by atoms with Crippen molar-refractivity contribution >= 4 is 22.4 Å². The standard InChI is InChI=1S/C13H13N3O3/c17-12-3-1-2-10(6-12)15-13-7-11(16(18)19)5-4-9(13)8-14-15/h4-5,7-8,10H,1-3,6H2. The molecule has 3 rings (SSSR count). The van der Waals surface area contributed by atoms with Crippen molar-refractivity contribution in [2.75, 3.05) is 0 Å². The number of aromatic nitrogens is 2. The van der Waals surface area contributed by atoms with E-state index in [1.807, 2.05) is 0 Å². The number of nitro groups is 1. The van der Waals surface area contributed by atoms with Crippen molar-refractivity contribution in [3.8, 4) is 0 Å². The number of benzene rings is 1. The molecule has 6 nitrogen and oxygen atoms in total. The van der Waals surface area contributed by atoms with Crippen LogP contribution in [0.5, 0.6) is 0 Å².